The van der Waals surface area contributed by atoms with Gasteiger partial charge in [-0.05, 0) is 93.9 Å². The summed E-state index contributed by atoms with van der Waals surface area (Å²) in [5.41, 5.74) is 4.47. The van der Waals surface area contributed by atoms with Crippen LogP contribution in [0.2, 0.25) is 5.02 Å². The molecule has 7 rings (SSSR count). The number of fused-ring (bicyclic) bond motifs is 1. The molecule has 1 atom stereocenters. The first kappa shape index (κ1) is 31.7. The van der Waals surface area contributed by atoms with E-state index in [9.17, 15) is 18.8 Å². The van der Waals surface area contributed by atoms with Gasteiger partial charge in [0.1, 0.15) is 11.9 Å². The Kier molecular flexibility index (Phi) is 8.97. The predicted molar refractivity (Wildman–Crippen MR) is 174 cm³/mol. The van der Waals surface area contributed by atoms with E-state index in [1.807, 2.05) is 17.9 Å². The molecule has 0 radical (unpaired) electrons. The average molecular weight is 663 g/mol. The van der Waals surface area contributed by atoms with Crippen molar-refractivity contribution >= 4 is 35.3 Å². The molecule has 248 valence electrons. The van der Waals surface area contributed by atoms with Gasteiger partial charge in [0.15, 0.2) is 0 Å². The summed E-state index contributed by atoms with van der Waals surface area (Å²) in [4.78, 5) is 47.5. The molecule has 4 aliphatic rings. The molecule has 2 aliphatic carbocycles. The second-order valence-electron chi connectivity index (χ2n) is 13.4. The van der Waals surface area contributed by atoms with Gasteiger partial charge in [0.05, 0.1) is 23.1 Å². The fraction of sp³-hybridized carbons (Fsp3) is 0.529. The molecular weight excluding hydrogens is 623 g/mol. The van der Waals surface area contributed by atoms with Gasteiger partial charge in [0, 0.05) is 48.9 Å². The quantitative estimate of drug-likeness (QED) is 0.204. The molecule has 0 bridgehead atoms. The Morgan fingerprint density at radius 3 is 2.57 bits per heavy atom. The maximum absolute atomic E-state index is 15.0. The Morgan fingerprint density at radius 1 is 1.02 bits per heavy atom. The van der Waals surface area contributed by atoms with Crippen molar-refractivity contribution in [3.8, 4) is 11.3 Å². The van der Waals surface area contributed by atoms with Crippen LogP contribution in [0.25, 0.3) is 11.3 Å². The largest absolute Gasteiger partial charge is 0.351 e. The van der Waals surface area contributed by atoms with E-state index >= 15 is 0 Å². The van der Waals surface area contributed by atoms with Crippen LogP contribution in [0.3, 0.4) is 0 Å². The van der Waals surface area contributed by atoms with Gasteiger partial charge in [-0.2, -0.15) is 5.10 Å². The summed E-state index contributed by atoms with van der Waals surface area (Å²) in [6, 6.07) is 3.02. The SMILES string of the molecule is Cn1ncc(-c2nc(N[C@H]3CC[C@H](NCCCc4cc5c(cc4F)C(=O)N(C4CCC(=O)NC4=O)C5)CC3)ncc2Cl)c1CC1CC1. The number of piperidine rings is 1. The molecule has 0 spiro atoms. The second kappa shape index (κ2) is 13.3. The van der Waals surface area contributed by atoms with Gasteiger partial charge in [0.2, 0.25) is 17.8 Å². The van der Waals surface area contributed by atoms with Crippen LogP contribution in [-0.2, 0) is 36.0 Å². The van der Waals surface area contributed by atoms with Crippen molar-refractivity contribution in [2.45, 2.75) is 95.3 Å². The van der Waals surface area contributed by atoms with E-state index < -0.39 is 17.8 Å². The predicted octanol–water partition coefficient (Wildman–Crippen LogP) is 4.33. The zero-order chi connectivity index (χ0) is 32.7. The third-order valence-corrected chi connectivity index (χ3v) is 10.3. The first-order valence-corrected chi connectivity index (χ1v) is 17.1. The monoisotopic (exact) mass is 662 g/mol. The summed E-state index contributed by atoms with van der Waals surface area (Å²) >= 11 is 6.55. The number of benzene rings is 1. The van der Waals surface area contributed by atoms with E-state index in [2.05, 4.69) is 26.0 Å². The van der Waals surface area contributed by atoms with Crippen LogP contribution in [0, 0.1) is 11.7 Å². The lowest BCUT2D eigenvalue weighted by Crippen LogP contribution is -2.52. The fourth-order valence-corrected chi connectivity index (χ4v) is 7.36. The van der Waals surface area contributed by atoms with Crippen molar-refractivity contribution in [3.05, 3.63) is 57.8 Å². The van der Waals surface area contributed by atoms with Gasteiger partial charge < -0.3 is 15.5 Å². The van der Waals surface area contributed by atoms with Gasteiger partial charge in [-0.3, -0.25) is 24.4 Å². The number of nitrogens with one attached hydrogen (secondary N) is 3. The van der Waals surface area contributed by atoms with Crippen LogP contribution in [-0.4, -0.2) is 67.0 Å². The Bertz CT molecular complexity index is 1700. The molecule has 3 N–H and O–H groups in total. The minimum Gasteiger partial charge on any atom is -0.351 e. The van der Waals surface area contributed by atoms with Gasteiger partial charge in [0.25, 0.3) is 5.91 Å². The summed E-state index contributed by atoms with van der Waals surface area (Å²) < 4.78 is 16.9. The number of aromatic nitrogens is 4. The minimum absolute atomic E-state index is 0.187. The molecule has 3 aromatic rings. The van der Waals surface area contributed by atoms with Gasteiger partial charge in [-0.25, -0.2) is 14.4 Å². The average Bonchev–Trinajstić information content (AvgIpc) is 3.74. The number of hydrogen-bond acceptors (Lipinski definition) is 8. The molecular formula is C34H40ClFN8O3. The maximum atomic E-state index is 15.0. The number of carbonyl (C=O) groups is 3. The van der Waals surface area contributed by atoms with E-state index in [1.54, 1.807) is 12.3 Å². The van der Waals surface area contributed by atoms with Crippen molar-refractivity contribution in [2.24, 2.45) is 13.0 Å². The number of anilines is 1. The van der Waals surface area contributed by atoms with Gasteiger partial charge in [-0.1, -0.05) is 17.7 Å². The Hall–Kier alpha value is -3.90. The molecule has 2 aromatic heterocycles. The Balaban J connectivity index is 0.874. The van der Waals surface area contributed by atoms with Crippen molar-refractivity contribution in [2.75, 3.05) is 11.9 Å². The molecule has 2 aliphatic heterocycles. The van der Waals surface area contributed by atoms with E-state index in [1.165, 1.54) is 23.8 Å². The third kappa shape index (κ3) is 6.89. The fourth-order valence-electron chi connectivity index (χ4n) is 7.17. The highest BCUT2D eigenvalue weighted by atomic mass is 35.5. The standard InChI is InChI=1S/C34H40ClFN8O3/c1-43-29(13-19-4-5-19)25(16-39-43)31-26(35)17-38-34(42-31)40-23-8-6-22(7-9-23)37-12-2-3-20-14-21-18-44(33(47)24(21)15-27(20)36)28-10-11-30(45)41-32(28)46/h14-17,19,22-23,28,37H,2-13,18H2,1H3,(H,38,40,42)(H,41,45,46)/t22-,23-,28?. The molecule has 3 fully saturated rings. The smallest absolute Gasteiger partial charge is 0.255 e. The van der Waals surface area contributed by atoms with E-state index in [4.69, 9.17) is 16.6 Å². The topological polar surface area (TPSA) is 134 Å². The highest BCUT2D eigenvalue weighted by molar-refractivity contribution is 6.33. The molecule has 11 nitrogen and oxygen atoms in total. The highest BCUT2D eigenvalue weighted by Crippen LogP contribution is 2.37. The normalized spacial score (nSPS) is 22.8. The lowest BCUT2D eigenvalue weighted by Gasteiger charge is -2.30. The third-order valence-electron chi connectivity index (χ3n) is 10.0. The van der Waals surface area contributed by atoms with Gasteiger partial charge in [-0.15, -0.1) is 0 Å². The highest BCUT2D eigenvalue weighted by Gasteiger charge is 2.39. The minimum atomic E-state index is -0.707. The van der Waals surface area contributed by atoms with Crippen LogP contribution < -0.4 is 16.0 Å². The lowest BCUT2D eigenvalue weighted by molar-refractivity contribution is -0.136. The van der Waals surface area contributed by atoms with Crippen LogP contribution in [0.5, 0.6) is 0 Å². The molecule has 2 saturated carbocycles. The molecule has 3 amide bonds. The number of nitrogens with zero attached hydrogens (tertiary/aromatic N) is 5. The summed E-state index contributed by atoms with van der Waals surface area (Å²) in [6.45, 7) is 1.01. The summed E-state index contributed by atoms with van der Waals surface area (Å²) in [5, 5.41) is 14.5. The molecule has 1 saturated heterocycles. The van der Waals surface area contributed by atoms with Crippen molar-refractivity contribution in [3.63, 3.8) is 0 Å². The van der Waals surface area contributed by atoms with Crippen molar-refractivity contribution in [1.82, 2.24) is 35.3 Å². The van der Waals surface area contributed by atoms with Crippen LogP contribution in [0.4, 0.5) is 10.3 Å². The number of imide groups is 1. The first-order valence-electron chi connectivity index (χ1n) is 16.7. The Labute approximate surface area is 278 Å². The molecule has 1 aromatic carbocycles. The molecule has 1 unspecified atom stereocenters. The van der Waals surface area contributed by atoms with Crippen LogP contribution in [0.15, 0.2) is 24.5 Å². The number of rotatable bonds is 11. The second-order valence-corrected chi connectivity index (χ2v) is 13.8. The summed E-state index contributed by atoms with van der Waals surface area (Å²) in [7, 11) is 1.97. The lowest BCUT2D eigenvalue weighted by atomic mass is 9.91. The van der Waals surface area contributed by atoms with Crippen LogP contribution in [0.1, 0.15) is 85.0 Å². The molecule has 47 heavy (non-hydrogen) atoms. The zero-order valence-corrected chi connectivity index (χ0v) is 27.3. The van der Waals surface area contributed by atoms with E-state index in [0.29, 0.717) is 34.6 Å². The zero-order valence-electron chi connectivity index (χ0n) is 26.5. The number of halogens is 2. The summed E-state index contributed by atoms with van der Waals surface area (Å²) in [5.74, 6) is -0.254. The summed E-state index contributed by atoms with van der Waals surface area (Å²) in [6.07, 6.45) is 12.8. The number of hydrogen-bond donors (Lipinski definition) is 3. The van der Waals surface area contributed by atoms with E-state index in [-0.39, 0.29) is 37.2 Å². The molecule has 13 heteroatoms. The van der Waals surface area contributed by atoms with Gasteiger partial charge >= 0.3 is 0 Å². The number of aryl methyl sites for hydroxylation is 2. The van der Waals surface area contributed by atoms with E-state index in [0.717, 1.165) is 73.5 Å². The molecule has 4 heterocycles. The van der Waals surface area contributed by atoms with Crippen molar-refractivity contribution < 1.29 is 18.8 Å². The Morgan fingerprint density at radius 2 is 1.81 bits per heavy atom. The van der Waals surface area contributed by atoms with Crippen LogP contribution >= 0.6 is 11.6 Å². The van der Waals surface area contributed by atoms with Crippen molar-refractivity contribution in [1.29, 1.82) is 0 Å². The number of carbonyl (C=O) groups excluding carboxylic acids is 3. The number of amides is 3. The maximum Gasteiger partial charge on any atom is 0.255 e. The first-order chi connectivity index (χ1) is 22.7.